The summed E-state index contributed by atoms with van der Waals surface area (Å²) in [6.07, 6.45) is 2.02. The topological polar surface area (TPSA) is 77.7 Å². The van der Waals surface area contributed by atoms with Crippen LogP contribution in [0.5, 0.6) is 0 Å². The smallest absolute Gasteiger partial charge is 0.279 e. The molecule has 9 heteroatoms. The molecule has 31 heavy (non-hydrogen) atoms. The summed E-state index contributed by atoms with van der Waals surface area (Å²) in [6, 6.07) is 12.2. The third-order valence-corrected chi connectivity index (χ3v) is 8.74. The van der Waals surface area contributed by atoms with E-state index in [-0.39, 0.29) is 4.90 Å². The molecule has 0 aliphatic rings. The highest BCUT2D eigenvalue weighted by molar-refractivity contribution is 7.98. The number of aromatic nitrogens is 1. The predicted octanol–water partition coefficient (Wildman–Crippen LogP) is 4.38. The number of nitrogens with zero attached hydrogens (tertiary/aromatic N) is 2. The van der Waals surface area contributed by atoms with Crippen LogP contribution < -0.4 is 4.80 Å². The number of rotatable bonds is 8. The molecule has 2 aromatic carbocycles. The normalized spacial score (nSPS) is 12.7. The van der Waals surface area contributed by atoms with Crippen LogP contribution in [-0.2, 0) is 21.1 Å². The van der Waals surface area contributed by atoms with Crippen molar-refractivity contribution in [3.05, 3.63) is 52.8 Å². The van der Waals surface area contributed by atoms with Crippen molar-refractivity contribution in [3.8, 4) is 0 Å². The Kier molecular flexibility index (Phi) is 7.74. The third-order valence-electron chi connectivity index (χ3n) is 4.80. The Labute approximate surface area is 190 Å². The quantitative estimate of drug-likeness (QED) is 0.355. The van der Waals surface area contributed by atoms with Crippen molar-refractivity contribution in [2.24, 2.45) is 4.99 Å². The lowest BCUT2D eigenvalue weighted by Gasteiger charge is -2.08. The first kappa shape index (κ1) is 23.7. The average Bonchev–Trinajstić information content (AvgIpc) is 3.09. The van der Waals surface area contributed by atoms with E-state index in [4.69, 9.17) is 4.74 Å². The number of benzene rings is 2. The van der Waals surface area contributed by atoms with Gasteiger partial charge in [-0.1, -0.05) is 11.3 Å². The largest absolute Gasteiger partial charge is 0.380 e. The molecule has 0 N–H and O–H groups in total. The summed E-state index contributed by atoms with van der Waals surface area (Å²) in [5, 5.41) is -0.521. The van der Waals surface area contributed by atoms with Crippen LogP contribution in [0.4, 0.5) is 0 Å². The van der Waals surface area contributed by atoms with Gasteiger partial charge in [0, 0.05) is 23.6 Å². The first-order valence-electron chi connectivity index (χ1n) is 9.96. The molecular formula is C22H26N2O4S3. The zero-order chi connectivity index (χ0) is 22.6. The van der Waals surface area contributed by atoms with E-state index in [2.05, 4.69) is 17.1 Å². The lowest BCUT2D eigenvalue weighted by Crippen LogP contribution is -2.19. The van der Waals surface area contributed by atoms with Crippen LogP contribution in [0.25, 0.3) is 10.2 Å². The zero-order valence-electron chi connectivity index (χ0n) is 18.0. The van der Waals surface area contributed by atoms with Crippen molar-refractivity contribution in [2.75, 3.05) is 19.5 Å². The predicted molar refractivity (Wildman–Crippen MR) is 127 cm³/mol. The number of fused-ring (bicyclic) bond motifs is 1. The Morgan fingerprint density at radius 1 is 1.19 bits per heavy atom. The summed E-state index contributed by atoms with van der Waals surface area (Å²) in [5.41, 5.74) is 1.36. The Bertz CT molecular complexity index is 1240. The summed E-state index contributed by atoms with van der Waals surface area (Å²) >= 11 is 3.12. The molecule has 0 aliphatic carbocycles. The van der Waals surface area contributed by atoms with Gasteiger partial charge in [-0.2, -0.15) is 4.99 Å². The van der Waals surface area contributed by atoms with Crippen LogP contribution in [0.3, 0.4) is 0 Å². The second-order valence-corrected chi connectivity index (χ2v) is 11.5. The second-order valence-electron chi connectivity index (χ2n) is 7.10. The summed E-state index contributed by atoms with van der Waals surface area (Å²) in [6.45, 7) is 6.94. The van der Waals surface area contributed by atoms with Gasteiger partial charge in [0.25, 0.3) is 5.91 Å². The number of thiazole rings is 1. The maximum Gasteiger partial charge on any atom is 0.279 e. The molecule has 1 amide bonds. The van der Waals surface area contributed by atoms with E-state index in [1.807, 2.05) is 23.8 Å². The Morgan fingerprint density at radius 2 is 1.90 bits per heavy atom. The van der Waals surface area contributed by atoms with Crippen LogP contribution in [-0.4, -0.2) is 43.6 Å². The van der Waals surface area contributed by atoms with Crippen molar-refractivity contribution in [2.45, 2.75) is 42.4 Å². The molecule has 6 nitrogen and oxygen atoms in total. The van der Waals surface area contributed by atoms with Crippen molar-refractivity contribution < 1.29 is 17.9 Å². The van der Waals surface area contributed by atoms with Crippen molar-refractivity contribution in [1.29, 1.82) is 0 Å². The van der Waals surface area contributed by atoms with Gasteiger partial charge < -0.3 is 9.30 Å². The number of hydrogen-bond donors (Lipinski definition) is 0. The first-order valence-corrected chi connectivity index (χ1v) is 13.5. The van der Waals surface area contributed by atoms with Gasteiger partial charge in [0.2, 0.25) is 0 Å². The molecule has 3 rings (SSSR count). The molecule has 0 bridgehead atoms. The van der Waals surface area contributed by atoms with E-state index in [0.29, 0.717) is 30.1 Å². The van der Waals surface area contributed by atoms with Gasteiger partial charge in [-0.05, 0) is 69.5 Å². The fourth-order valence-electron chi connectivity index (χ4n) is 2.99. The van der Waals surface area contributed by atoms with Gasteiger partial charge in [-0.15, -0.1) is 11.8 Å². The van der Waals surface area contributed by atoms with Crippen LogP contribution in [0.15, 0.2) is 57.2 Å². The van der Waals surface area contributed by atoms with Crippen molar-refractivity contribution in [3.63, 3.8) is 0 Å². The highest BCUT2D eigenvalue weighted by Crippen LogP contribution is 2.24. The van der Waals surface area contributed by atoms with Gasteiger partial charge >= 0.3 is 0 Å². The third kappa shape index (κ3) is 5.28. The number of ether oxygens (including phenoxy) is 1. The summed E-state index contributed by atoms with van der Waals surface area (Å²) < 4.78 is 33.2. The molecule has 0 fully saturated rings. The lowest BCUT2D eigenvalue weighted by atomic mass is 10.2. The van der Waals surface area contributed by atoms with Crippen molar-refractivity contribution in [1.82, 2.24) is 4.57 Å². The zero-order valence-corrected chi connectivity index (χ0v) is 20.4. The number of sulfone groups is 1. The minimum atomic E-state index is -3.38. The first-order chi connectivity index (χ1) is 14.8. The van der Waals surface area contributed by atoms with Gasteiger partial charge in [0.15, 0.2) is 14.6 Å². The summed E-state index contributed by atoms with van der Waals surface area (Å²) in [7, 11) is -3.38. The summed E-state index contributed by atoms with van der Waals surface area (Å²) in [5.74, 6) is -0.407. The summed E-state index contributed by atoms with van der Waals surface area (Å²) in [4.78, 5) is 19.1. The Balaban J connectivity index is 2.00. The van der Waals surface area contributed by atoms with E-state index in [9.17, 15) is 13.2 Å². The molecule has 0 aliphatic heterocycles. The fourth-order valence-corrected chi connectivity index (χ4v) is 5.66. The number of hydrogen-bond acceptors (Lipinski definition) is 6. The van der Waals surface area contributed by atoms with E-state index in [0.717, 1.165) is 15.1 Å². The van der Waals surface area contributed by atoms with E-state index in [1.165, 1.54) is 35.6 Å². The number of thioether (sulfide) groups is 1. The van der Waals surface area contributed by atoms with E-state index in [1.54, 1.807) is 25.6 Å². The Hall–Kier alpha value is -1.94. The van der Waals surface area contributed by atoms with E-state index < -0.39 is 21.0 Å². The maximum absolute atomic E-state index is 12.8. The average molecular weight is 479 g/mol. The molecule has 0 spiro atoms. The molecule has 0 radical (unpaired) electrons. The van der Waals surface area contributed by atoms with Crippen LogP contribution in [0, 0.1) is 0 Å². The molecule has 0 saturated carbocycles. The maximum atomic E-state index is 12.8. The minimum absolute atomic E-state index is 0.206. The van der Waals surface area contributed by atoms with Crippen LogP contribution in [0.1, 0.15) is 31.1 Å². The Morgan fingerprint density at radius 3 is 2.52 bits per heavy atom. The monoisotopic (exact) mass is 478 g/mol. The molecule has 1 aromatic heterocycles. The molecule has 0 atom stereocenters. The minimum Gasteiger partial charge on any atom is -0.380 e. The van der Waals surface area contributed by atoms with Gasteiger partial charge in [0.1, 0.15) is 0 Å². The van der Waals surface area contributed by atoms with Gasteiger partial charge in [-0.3, -0.25) is 4.79 Å². The highest BCUT2D eigenvalue weighted by atomic mass is 32.2. The van der Waals surface area contributed by atoms with Gasteiger partial charge in [0.05, 0.1) is 27.0 Å². The molecule has 0 saturated heterocycles. The molecule has 166 valence electrons. The number of carbonyl (C=O) groups is 1. The molecular weight excluding hydrogens is 452 g/mol. The number of carbonyl (C=O) groups excluding carboxylic acids is 1. The van der Waals surface area contributed by atoms with Crippen LogP contribution in [0.2, 0.25) is 0 Å². The molecule has 1 heterocycles. The SMILES string of the molecule is CCOCCn1c(=NC(=O)c2ccc(S(=O)(=O)C(C)C)cc2)sc2cc(SC)ccc21. The standard InChI is InChI=1S/C22H26N2O4S3/c1-5-28-13-12-24-19-11-8-17(29-4)14-20(19)30-22(24)23-21(25)16-6-9-18(10-7-16)31(26,27)15(2)3/h6-11,14-15H,5,12-13H2,1-4H3. The van der Waals surface area contributed by atoms with Gasteiger partial charge in [-0.25, -0.2) is 8.42 Å². The van der Waals surface area contributed by atoms with Crippen LogP contribution >= 0.6 is 23.1 Å². The molecule has 0 unspecified atom stereocenters. The van der Waals surface area contributed by atoms with E-state index >= 15 is 0 Å². The fraction of sp³-hybridized carbons (Fsp3) is 0.364. The number of amides is 1. The lowest BCUT2D eigenvalue weighted by molar-refractivity contribution is 0.0996. The highest BCUT2D eigenvalue weighted by Gasteiger charge is 2.19. The second kappa shape index (κ2) is 10.1. The molecule has 3 aromatic rings. The van der Waals surface area contributed by atoms with Crippen molar-refractivity contribution >= 4 is 49.1 Å².